The van der Waals surface area contributed by atoms with Gasteiger partial charge in [-0.3, -0.25) is 14.9 Å². The molecule has 0 spiro atoms. The number of amides is 2. The summed E-state index contributed by atoms with van der Waals surface area (Å²) in [7, 11) is 0. The van der Waals surface area contributed by atoms with Gasteiger partial charge in [-0.1, -0.05) is 24.6 Å². The topological polar surface area (TPSA) is 75.4 Å². The lowest BCUT2D eigenvalue weighted by Gasteiger charge is -2.36. The second-order valence-electron chi connectivity index (χ2n) is 4.14. The fourth-order valence-corrected chi connectivity index (χ4v) is 2.43. The Morgan fingerprint density at radius 2 is 2.22 bits per heavy atom. The van der Waals surface area contributed by atoms with Gasteiger partial charge in [0.1, 0.15) is 6.04 Å². The van der Waals surface area contributed by atoms with Gasteiger partial charge in [0.25, 0.3) is 0 Å². The first-order chi connectivity index (χ1) is 8.54. The van der Waals surface area contributed by atoms with Crippen LogP contribution in [0, 0.1) is 0 Å². The van der Waals surface area contributed by atoms with Gasteiger partial charge in [-0.15, -0.1) is 0 Å². The molecule has 1 atom stereocenters. The van der Waals surface area contributed by atoms with E-state index in [4.69, 9.17) is 17.3 Å². The number of nitrogens with one attached hydrogen (secondary N) is 1. The molecule has 2 amide bonds. The molecule has 0 bridgehead atoms. The Morgan fingerprint density at radius 3 is 2.83 bits per heavy atom. The van der Waals surface area contributed by atoms with Crippen molar-refractivity contribution in [2.24, 2.45) is 0 Å². The molecule has 1 aromatic rings. The number of hydrogen-bond donors (Lipinski definition) is 2. The molecule has 1 aromatic carbocycles. The fraction of sp³-hybridized carbons (Fsp3) is 0.333. The number of para-hydroxylation sites is 1. The zero-order valence-electron chi connectivity index (χ0n) is 9.94. The average Bonchev–Trinajstić information content (AvgIpc) is 2.28. The van der Waals surface area contributed by atoms with Gasteiger partial charge in [0.2, 0.25) is 11.8 Å². The van der Waals surface area contributed by atoms with Gasteiger partial charge in [-0.2, -0.15) is 0 Å². The lowest BCUT2D eigenvalue weighted by atomic mass is 10.1. The van der Waals surface area contributed by atoms with Gasteiger partial charge in [0.15, 0.2) is 0 Å². The Morgan fingerprint density at radius 1 is 1.50 bits per heavy atom. The molecule has 1 unspecified atom stereocenters. The number of halogens is 1. The maximum Gasteiger partial charge on any atom is 0.249 e. The molecule has 18 heavy (non-hydrogen) atoms. The van der Waals surface area contributed by atoms with Crippen LogP contribution < -0.4 is 16.0 Å². The van der Waals surface area contributed by atoms with Crippen molar-refractivity contribution in [3.05, 3.63) is 23.2 Å². The summed E-state index contributed by atoms with van der Waals surface area (Å²) < 4.78 is 0. The molecule has 1 aliphatic rings. The molecule has 6 heteroatoms. The molecule has 1 heterocycles. The lowest BCUT2D eigenvalue weighted by Crippen LogP contribution is -2.58. The number of nitrogen functional groups attached to an aromatic ring is 1. The van der Waals surface area contributed by atoms with Crippen LogP contribution in [-0.4, -0.2) is 24.4 Å². The Labute approximate surface area is 110 Å². The first-order valence-corrected chi connectivity index (χ1v) is 6.06. The largest absolute Gasteiger partial charge is 0.397 e. The lowest BCUT2D eigenvalue weighted by molar-refractivity contribution is -0.132. The monoisotopic (exact) mass is 267 g/mol. The highest BCUT2D eigenvalue weighted by atomic mass is 35.5. The maximum atomic E-state index is 11.8. The van der Waals surface area contributed by atoms with Gasteiger partial charge in [0.05, 0.1) is 22.9 Å². The fourth-order valence-electron chi connectivity index (χ4n) is 2.14. The van der Waals surface area contributed by atoms with Crippen LogP contribution in [0.2, 0.25) is 5.02 Å². The minimum absolute atomic E-state index is 0.0815. The average molecular weight is 268 g/mol. The van der Waals surface area contributed by atoms with Crippen molar-refractivity contribution in [3.63, 3.8) is 0 Å². The van der Waals surface area contributed by atoms with Crippen molar-refractivity contribution >= 4 is 34.8 Å². The van der Waals surface area contributed by atoms with Crippen LogP contribution >= 0.6 is 11.6 Å². The number of piperazine rings is 1. The van der Waals surface area contributed by atoms with E-state index >= 15 is 0 Å². The van der Waals surface area contributed by atoms with Crippen LogP contribution in [0.4, 0.5) is 11.4 Å². The third-order valence-electron chi connectivity index (χ3n) is 2.95. The Bertz CT molecular complexity index is 484. The van der Waals surface area contributed by atoms with E-state index < -0.39 is 6.04 Å². The minimum Gasteiger partial charge on any atom is -0.397 e. The summed E-state index contributed by atoms with van der Waals surface area (Å²) in [4.78, 5) is 24.9. The van der Waals surface area contributed by atoms with E-state index in [1.807, 2.05) is 6.92 Å². The van der Waals surface area contributed by atoms with Crippen molar-refractivity contribution in [2.45, 2.75) is 19.4 Å². The first kappa shape index (κ1) is 12.7. The molecule has 3 N–H and O–H groups in total. The van der Waals surface area contributed by atoms with Gasteiger partial charge in [0, 0.05) is 0 Å². The van der Waals surface area contributed by atoms with Crippen molar-refractivity contribution in [1.82, 2.24) is 5.32 Å². The summed E-state index contributed by atoms with van der Waals surface area (Å²) >= 11 is 6.12. The number of carbonyl (C=O) groups excluding carboxylic acids is 2. The highest BCUT2D eigenvalue weighted by molar-refractivity contribution is 6.34. The van der Waals surface area contributed by atoms with Crippen LogP contribution in [0.5, 0.6) is 0 Å². The Hall–Kier alpha value is -1.75. The van der Waals surface area contributed by atoms with Crippen LogP contribution in [0.25, 0.3) is 0 Å². The number of benzene rings is 1. The van der Waals surface area contributed by atoms with E-state index in [2.05, 4.69) is 5.32 Å². The Kier molecular flexibility index (Phi) is 3.43. The van der Waals surface area contributed by atoms with Crippen molar-refractivity contribution in [2.75, 3.05) is 17.2 Å². The number of rotatable bonds is 2. The molecule has 1 aliphatic heterocycles. The van der Waals surface area contributed by atoms with E-state index in [-0.39, 0.29) is 18.4 Å². The van der Waals surface area contributed by atoms with Gasteiger partial charge in [-0.25, -0.2) is 0 Å². The third kappa shape index (κ3) is 2.13. The molecular weight excluding hydrogens is 254 g/mol. The van der Waals surface area contributed by atoms with Crippen LogP contribution in [0.3, 0.4) is 0 Å². The van der Waals surface area contributed by atoms with Crippen molar-refractivity contribution in [1.29, 1.82) is 0 Å². The summed E-state index contributed by atoms with van der Waals surface area (Å²) in [5.74, 6) is -0.655. The van der Waals surface area contributed by atoms with Gasteiger partial charge >= 0.3 is 0 Å². The van der Waals surface area contributed by atoms with E-state index in [0.29, 0.717) is 22.8 Å². The molecule has 96 valence electrons. The first-order valence-electron chi connectivity index (χ1n) is 5.69. The van der Waals surface area contributed by atoms with E-state index in [1.54, 1.807) is 23.1 Å². The zero-order valence-corrected chi connectivity index (χ0v) is 10.7. The van der Waals surface area contributed by atoms with E-state index in [0.717, 1.165) is 0 Å². The molecular formula is C12H14ClN3O2. The zero-order chi connectivity index (χ0) is 13.3. The number of nitrogens with two attached hydrogens (primary N) is 1. The molecule has 1 fully saturated rings. The van der Waals surface area contributed by atoms with Gasteiger partial charge < -0.3 is 10.6 Å². The van der Waals surface area contributed by atoms with Crippen molar-refractivity contribution in [3.8, 4) is 0 Å². The number of nitrogens with zero attached hydrogens (tertiary/aromatic N) is 1. The second kappa shape index (κ2) is 4.86. The summed E-state index contributed by atoms with van der Waals surface area (Å²) in [5, 5.41) is 2.76. The Balaban J connectivity index is 2.46. The predicted octanol–water partition coefficient (Wildman–Crippen LogP) is 1.16. The maximum absolute atomic E-state index is 11.8. The third-order valence-corrected chi connectivity index (χ3v) is 3.25. The molecule has 0 aromatic heterocycles. The quantitative estimate of drug-likeness (QED) is 0.623. The second-order valence-corrected chi connectivity index (χ2v) is 4.55. The standard InChI is InChI=1S/C12H14ClN3O2/c1-2-9-12(18)15-10(17)6-16(9)11-7(13)4-3-5-8(11)14/h3-5,9H,2,6,14H2,1H3,(H,15,17,18). The molecule has 0 saturated carbocycles. The SMILES string of the molecule is CCC1C(=O)NC(=O)CN1c1c(N)cccc1Cl. The van der Waals surface area contributed by atoms with Crippen molar-refractivity contribution < 1.29 is 9.59 Å². The highest BCUT2D eigenvalue weighted by Crippen LogP contribution is 2.34. The van der Waals surface area contributed by atoms with E-state index in [9.17, 15) is 9.59 Å². The number of imide groups is 1. The summed E-state index contributed by atoms with van der Waals surface area (Å²) in [5.41, 5.74) is 6.90. The minimum atomic E-state index is -0.426. The molecule has 0 radical (unpaired) electrons. The smallest absolute Gasteiger partial charge is 0.249 e. The summed E-state index contributed by atoms with van der Waals surface area (Å²) in [6.07, 6.45) is 0.573. The number of anilines is 2. The van der Waals surface area contributed by atoms with E-state index in [1.165, 1.54) is 0 Å². The summed E-state index contributed by atoms with van der Waals surface area (Å²) in [6.45, 7) is 1.96. The predicted molar refractivity (Wildman–Crippen MR) is 70.4 cm³/mol. The van der Waals surface area contributed by atoms with Gasteiger partial charge in [-0.05, 0) is 18.6 Å². The molecule has 5 nitrogen and oxygen atoms in total. The van der Waals surface area contributed by atoms with Crippen LogP contribution in [0.15, 0.2) is 18.2 Å². The summed E-state index contributed by atoms with van der Waals surface area (Å²) in [6, 6.07) is 4.69. The normalized spacial score (nSPS) is 19.9. The van der Waals surface area contributed by atoms with Crippen LogP contribution in [0.1, 0.15) is 13.3 Å². The van der Waals surface area contributed by atoms with Crippen LogP contribution in [-0.2, 0) is 9.59 Å². The highest BCUT2D eigenvalue weighted by Gasteiger charge is 2.34. The molecule has 0 aliphatic carbocycles. The molecule has 2 rings (SSSR count). The molecule has 1 saturated heterocycles. The number of carbonyl (C=O) groups is 2. The number of hydrogen-bond acceptors (Lipinski definition) is 4.